The van der Waals surface area contributed by atoms with E-state index in [0.717, 1.165) is 0 Å². The minimum absolute atomic E-state index is 0.192. The summed E-state index contributed by atoms with van der Waals surface area (Å²) in [5.74, 6) is -1.89. The van der Waals surface area contributed by atoms with Crippen molar-refractivity contribution in [2.24, 2.45) is 0 Å². The van der Waals surface area contributed by atoms with E-state index in [9.17, 15) is 9.59 Å². The Morgan fingerprint density at radius 3 is 2.75 bits per heavy atom. The average molecular weight is 224 g/mol. The molecule has 0 aliphatic heterocycles. The Kier molecular flexibility index (Phi) is 3.96. The summed E-state index contributed by atoms with van der Waals surface area (Å²) in [5.41, 5.74) is 0.879. The van der Waals surface area contributed by atoms with E-state index >= 15 is 0 Å². The third-order valence-electron chi connectivity index (χ3n) is 1.86. The maximum absolute atomic E-state index is 11.4. The Morgan fingerprint density at radius 2 is 2.19 bits per heavy atom. The maximum Gasteiger partial charge on any atom is 0.334 e. The van der Waals surface area contributed by atoms with Gasteiger partial charge in [-0.15, -0.1) is 0 Å². The second-order valence-corrected chi connectivity index (χ2v) is 3.23. The molecule has 0 saturated carbocycles. The Balaban J connectivity index is 2.56. The molecule has 0 aliphatic carbocycles. The number of amides is 1. The van der Waals surface area contributed by atoms with Crippen LogP contribution in [0.15, 0.2) is 18.2 Å². The van der Waals surface area contributed by atoms with Gasteiger partial charge in [0.25, 0.3) is 5.91 Å². The highest BCUT2D eigenvalue weighted by Gasteiger charge is 2.15. The fourth-order valence-electron chi connectivity index (χ4n) is 1.04. The maximum atomic E-state index is 11.4. The molecule has 0 aliphatic rings. The zero-order chi connectivity index (χ0) is 12.1. The number of hydrogen-bond donors (Lipinski definition) is 3. The van der Waals surface area contributed by atoms with E-state index < -0.39 is 18.0 Å². The monoisotopic (exact) mass is 224 g/mol. The van der Waals surface area contributed by atoms with Crippen molar-refractivity contribution in [1.82, 2.24) is 10.3 Å². The number of nitrogens with one attached hydrogen (secondary N) is 1. The molecule has 0 saturated heterocycles. The number of aliphatic hydroxyl groups is 1. The zero-order valence-electron chi connectivity index (χ0n) is 8.67. The standard InChI is InChI=1S/C10H12N2O4/c1-6-3-2-4-7(12-6)9(14)11-5-8(13)10(15)16/h2-4,8,13H,5H2,1H3,(H,11,14)(H,15,16)/t8-/m0/s1. The molecule has 86 valence electrons. The SMILES string of the molecule is Cc1cccc(C(=O)NC[C@H](O)C(=O)O)n1. The highest BCUT2D eigenvalue weighted by atomic mass is 16.4. The van der Waals surface area contributed by atoms with Crippen LogP contribution in [0.4, 0.5) is 0 Å². The van der Waals surface area contributed by atoms with Crippen LogP contribution in [0.5, 0.6) is 0 Å². The molecule has 3 N–H and O–H groups in total. The molecule has 1 amide bonds. The molecular formula is C10H12N2O4. The second-order valence-electron chi connectivity index (χ2n) is 3.23. The van der Waals surface area contributed by atoms with Crippen LogP contribution in [0.2, 0.25) is 0 Å². The quantitative estimate of drug-likeness (QED) is 0.644. The van der Waals surface area contributed by atoms with Crippen molar-refractivity contribution < 1.29 is 19.8 Å². The Labute approximate surface area is 91.9 Å². The summed E-state index contributed by atoms with van der Waals surface area (Å²) in [4.78, 5) is 25.7. The van der Waals surface area contributed by atoms with E-state index in [2.05, 4.69) is 10.3 Å². The lowest BCUT2D eigenvalue weighted by atomic mass is 10.3. The molecule has 0 aromatic carbocycles. The van der Waals surface area contributed by atoms with Gasteiger partial charge < -0.3 is 15.5 Å². The van der Waals surface area contributed by atoms with Gasteiger partial charge in [0, 0.05) is 5.69 Å². The molecule has 6 nitrogen and oxygen atoms in total. The summed E-state index contributed by atoms with van der Waals surface area (Å²) < 4.78 is 0. The van der Waals surface area contributed by atoms with E-state index in [1.165, 1.54) is 6.07 Å². The van der Waals surface area contributed by atoms with Gasteiger partial charge in [0.2, 0.25) is 0 Å². The first-order valence-corrected chi connectivity index (χ1v) is 4.63. The van der Waals surface area contributed by atoms with Gasteiger partial charge in [-0.3, -0.25) is 4.79 Å². The Bertz CT molecular complexity index is 406. The predicted molar refractivity (Wildman–Crippen MR) is 54.9 cm³/mol. The lowest BCUT2D eigenvalue weighted by Crippen LogP contribution is -2.36. The minimum Gasteiger partial charge on any atom is -0.479 e. The second kappa shape index (κ2) is 5.22. The van der Waals surface area contributed by atoms with Gasteiger partial charge in [0.1, 0.15) is 5.69 Å². The van der Waals surface area contributed by atoms with Crippen molar-refractivity contribution in [2.75, 3.05) is 6.54 Å². The van der Waals surface area contributed by atoms with E-state index in [0.29, 0.717) is 5.69 Å². The summed E-state index contributed by atoms with van der Waals surface area (Å²) in [5, 5.41) is 19.6. The highest BCUT2D eigenvalue weighted by Crippen LogP contribution is 1.97. The van der Waals surface area contributed by atoms with Crippen LogP contribution in [0.25, 0.3) is 0 Å². The van der Waals surface area contributed by atoms with Crippen LogP contribution in [-0.4, -0.2) is 39.7 Å². The molecule has 6 heteroatoms. The van der Waals surface area contributed by atoms with Crippen LogP contribution < -0.4 is 5.32 Å². The van der Waals surface area contributed by atoms with Crippen LogP contribution >= 0.6 is 0 Å². The third-order valence-corrected chi connectivity index (χ3v) is 1.86. The largest absolute Gasteiger partial charge is 0.479 e. The Hall–Kier alpha value is -1.95. The molecule has 0 spiro atoms. The first kappa shape index (κ1) is 12.1. The number of aliphatic hydroxyl groups excluding tert-OH is 1. The number of carboxylic acids is 1. The van der Waals surface area contributed by atoms with Crippen molar-refractivity contribution in [3.8, 4) is 0 Å². The van der Waals surface area contributed by atoms with Crippen molar-refractivity contribution in [2.45, 2.75) is 13.0 Å². The van der Waals surface area contributed by atoms with Crippen LogP contribution in [-0.2, 0) is 4.79 Å². The van der Waals surface area contributed by atoms with Gasteiger partial charge >= 0.3 is 5.97 Å². The van der Waals surface area contributed by atoms with E-state index in [1.807, 2.05) is 0 Å². The number of aliphatic carboxylic acids is 1. The summed E-state index contributed by atoms with van der Waals surface area (Å²) in [6, 6.07) is 4.92. The lowest BCUT2D eigenvalue weighted by Gasteiger charge is -2.07. The molecule has 1 heterocycles. The van der Waals surface area contributed by atoms with Gasteiger partial charge in [-0.2, -0.15) is 0 Å². The fraction of sp³-hybridized carbons (Fsp3) is 0.300. The fourth-order valence-corrected chi connectivity index (χ4v) is 1.04. The number of aryl methyl sites for hydroxylation is 1. The van der Waals surface area contributed by atoms with Gasteiger partial charge in [-0.05, 0) is 19.1 Å². The molecular weight excluding hydrogens is 212 g/mol. The molecule has 0 radical (unpaired) electrons. The van der Waals surface area contributed by atoms with Gasteiger partial charge in [-0.25, -0.2) is 9.78 Å². The van der Waals surface area contributed by atoms with Crippen molar-refractivity contribution in [3.05, 3.63) is 29.6 Å². The van der Waals surface area contributed by atoms with Gasteiger partial charge in [0.05, 0.1) is 6.54 Å². The van der Waals surface area contributed by atoms with Crippen LogP contribution in [0, 0.1) is 6.92 Å². The van der Waals surface area contributed by atoms with Crippen LogP contribution in [0.1, 0.15) is 16.2 Å². The summed E-state index contributed by atoms with van der Waals surface area (Å²) in [6.45, 7) is 1.40. The topological polar surface area (TPSA) is 99.5 Å². The molecule has 1 aromatic heterocycles. The van der Waals surface area contributed by atoms with Crippen LogP contribution in [0.3, 0.4) is 0 Å². The summed E-state index contributed by atoms with van der Waals surface area (Å²) >= 11 is 0. The molecule has 0 bridgehead atoms. The number of nitrogens with zero attached hydrogens (tertiary/aromatic N) is 1. The van der Waals surface area contributed by atoms with Gasteiger partial charge in [-0.1, -0.05) is 6.07 Å². The molecule has 0 fully saturated rings. The number of hydrogen-bond acceptors (Lipinski definition) is 4. The number of carbonyl (C=O) groups is 2. The van der Waals surface area contributed by atoms with Gasteiger partial charge in [0.15, 0.2) is 6.10 Å². The normalized spacial score (nSPS) is 11.9. The summed E-state index contributed by atoms with van der Waals surface area (Å²) in [7, 11) is 0. The van der Waals surface area contributed by atoms with Crippen molar-refractivity contribution in [3.63, 3.8) is 0 Å². The minimum atomic E-state index is -1.60. The van der Waals surface area contributed by atoms with E-state index in [-0.39, 0.29) is 12.2 Å². The number of aromatic nitrogens is 1. The molecule has 0 unspecified atom stereocenters. The zero-order valence-corrected chi connectivity index (χ0v) is 8.67. The first-order valence-electron chi connectivity index (χ1n) is 4.63. The Morgan fingerprint density at radius 1 is 1.50 bits per heavy atom. The average Bonchev–Trinajstić information content (AvgIpc) is 2.25. The molecule has 1 aromatic rings. The molecule has 16 heavy (non-hydrogen) atoms. The first-order chi connectivity index (χ1) is 7.50. The number of carboxylic acid groups (broad SMARTS) is 1. The highest BCUT2D eigenvalue weighted by molar-refractivity contribution is 5.92. The predicted octanol–water partition coefficient (Wildman–Crippen LogP) is -0.435. The number of pyridine rings is 1. The summed E-state index contributed by atoms with van der Waals surface area (Å²) in [6.07, 6.45) is -1.60. The smallest absolute Gasteiger partial charge is 0.334 e. The van der Waals surface area contributed by atoms with E-state index in [1.54, 1.807) is 19.1 Å². The molecule has 1 rings (SSSR count). The number of carbonyl (C=O) groups excluding carboxylic acids is 1. The molecule has 1 atom stereocenters. The van der Waals surface area contributed by atoms with Crippen molar-refractivity contribution in [1.29, 1.82) is 0 Å². The lowest BCUT2D eigenvalue weighted by molar-refractivity contribution is -0.146. The third kappa shape index (κ3) is 3.32. The van der Waals surface area contributed by atoms with E-state index in [4.69, 9.17) is 10.2 Å². The van der Waals surface area contributed by atoms with Crippen molar-refractivity contribution >= 4 is 11.9 Å². The number of rotatable bonds is 4.